The topological polar surface area (TPSA) is 49.3 Å². The fraction of sp³-hybridized carbons (Fsp3) is 0.364. The van der Waals surface area contributed by atoms with Gasteiger partial charge in [0.05, 0.1) is 0 Å². The van der Waals surface area contributed by atoms with E-state index in [0.717, 1.165) is 5.56 Å². The maximum absolute atomic E-state index is 13.1. The Hall–Kier alpha value is -1.58. The average Bonchev–Trinajstić information content (AvgIpc) is 2.39. The summed E-state index contributed by atoms with van der Waals surface area (Å²) in [5.74, 6) is -1.26. The molecule has 4 heteroatoms. The Balaban J connectivity index is 2.53. The molecule has 0 amide bonds. The van der Waals surface area contributed by atoms with Crippen molar-refractivity contribution in [2.24, 2.45) is 0 Å². The van der Waals surface area contributed by atoms with Crippen molar-refractivity contribution < 1.29 is 14.3 Å². The minimum absolute atomic E-state index is 0.338. The highest BCUT2D eigenvalue weighted by molar-refractivity contribution is 5.84. The summed E-state index contributed by atoms with van der Waals surface area (Å²) in [6.45, 7) is 3.59. The normalized spacial score (nSPS) is 21.9. The predicted molar refractivity (Wildman–Crippen MR) is 54.5 cm³/mol. The van der Waals surface area contributed by atoms with Crippen LogP contribution in [0.4, 0.5) is 10.1 Å². The number of rotatable bonds is 1. The molecule has 1 aromatic carbocycles. The van der Waals surface area contributed by atoms with Gasteiger partial charge in [-0.05, 0) is 23.8 Å². The molecule has 0 aliphatic carbocycles. The first-order valence-corrected chi connectivity index (χ1v) is 4.72. The van der Waals surface area contributed by atoms with Gasteiger partial charge < -0.3 is 10.4 Å². The summed E-state index contributed by atoms with van der Waals surface area (Å²) in [6, 6.07) is 3.60. The average molecular weight is 209 g/mol. The molecule has 0 bridgehead atoms. The second kappa shape index (κ2) is 2.95. The summed E-state index contributed by atoms with van der Waals surface area (Å²) >= 11 is 0. The number of carbonyl (C=O) groups is 1. The zero-order chi connectivity index (χ0) is 11.2. The van der Waals surface area contributed by atoms with Crippen LogP contribution in [-0.2, 0) is 10.2 Å². The molecular formula is C11H12FNO2. The molecule has 2 N–H and O–H groups in total. The van der Waals surface area contributed by atoms with Crippen molar-refractivity contribution in [3.05, 3.63) is 29.6 Å². The monoisotopic (exact) mass is 209 g/mol. The number of fused-ring (bicyclic) bond motifs is 1. The van der Waals surface area contributed by atoms with E-state index in [0.29, 0.717) is 5.69 Å². The van der Waals surface area contributed by atoms with E-state index in [1.165, 1.54) is 12.1 Å². The standard InChI is InChI=1S/C11H12FNO2/c1-11(2)7-5-6(12)3-4-8(7)13-9(11)10(14)15/h3-5,9,13H,1-2H3,(H,14,15)/t9-/m1/s1. The fourth-order valence-electron chi connectivity index (χ4n) is 2.04. The predicted octanol–water partition coefficient (Wildman–Crippen LogP) is 1.98. The first kappa shape index (κ1) is 9.96. The number of hydrogen-bond donors (Lipinski definition) is 2. The van der Waals surface area contributed by atoms with Crippen LogP contribution in [0.2, 0.25) is 0 Å². The van der Waals surface area contributed by atoms with Gasteiger partial charge in [-0.25, -0.2) is 9.18 Å². The Kier molecular flexibility index (Phi) is 1.96. The van der Waals surface area contributed by atoms with Crippen LogP contribution in [0.1, 0.15) is 19.4 Å². The molecule has 1 heterocycles. The summed E-state index contributed by atoms with van der Waals surface area (Å²) < 4.78 is 13.1. The molecule has 80 valence electrons. The third-order valence-corrected chi connectivity index (χ3v) is 2.94. The molecule has 3 nitrogen and oxygen atoms in total. The van der Waals surface area contributed by atoms with Crippen molar-refractivity contribution in [2.75, 3.05) is 5.32 Å². The summed E-state index contributed by atoms with van der Waals surface area (Å²) in [5, 5.41) is 11.9. The second-order valence-corrected chi connectivity index (χ2v) is 4.33. The molecule has 2 rings (SSSR count). The number of carboxylic acids is 1. The molecule has 0 fully saturated rings. The van der Waals surface area contributed by atoms with Crippen LogP contribution >= 0.6 is 0 Å². The largest absolute Gasteiger partial charge is 0.480 e. The summed E-state index contributed by atoms with van der Waals surface area (Å²) in [7, 11) is 0. The third kappa shape index (κ3) is 1.37. The van der Waals surface area contributed by atoms with Crippen molar-refractivity contribution in [3.8, 4) is 0 Å². The van der Waals surface area contributed by atoms with Crippen molar-refractivity contribution in [2.45, 2.75) is 25.3 Å². The zero-order valence-corrected chi connectivity index (χ0v) is 8.54. The van der Waals surface area contributed by atoms with E-state index in [2.05, 4.69) is 5.32 Å². The van der Waals surface area contributed by atoms with Gasteiger partial charge in [-0.2, -0.15) is 0 Å². The number of aliphatic carboxylic acids is 1. The van der Waals surface area contributed by atoms with E-state index in [1.54, 1.807) is 19.9 Å². The van der Waals surface area contributed by atoms with Crippen molar-refractivity contribution in [3.63, 3.8) is 0 Å². The van der Waals surface area contributed by atoms with Gasteiger partial charge in [-0.15, -0.1) is 0 Å². The molecule has 1 atom stereocenters. The lowest BCUT2D eigenvalue weighted by molar-refractivity contribution is -0.139. The minimum atomic E-state index is -0.920. The molecule has 15 heavy (non-hydrogen) atoms. The summed E-state index contributed by atoms with van der Waals surface area (Å²) in [5.41, 5.74) is 0.826. The molecule has 0 radical (unpaired) electrons. The van der Waals surface area contributed by atoms with Crippen LogP contribution in [0, 0.1) is 5.82 Å². The van der Waals surface area contributed by atoms with E-state index >= 15 is 0 Å². The zero-order valence-electron chi connectivity index (χ0n) is 8.54. The Morgan fingerprint density at radius 2 is 2.20 bits per heavy atom. The third-order valence-electron chi connectivity index (χ3n) is 2.94. The van der Waals surface area contributed by atoms with Crippen molar-refractivity contribution in [1.29, 1.82) is 0 Å². The van der Waals surface area contributed by atoms with Gasteiger partial charge in [0.2, 0.25) is 0 Å². The highest BCUT2D eigenvalue weighted by Gasteiger charge is 2.43. The quantitative estimate of drug-likeness (QED) is 0.743. The highest BCUT2D eigenvalue weighted by atomic mass is 19.1. The lowest BCUT2D eigenvalue weighted by Gasteiger charge is -2.23. The maximum atomic E-state index is 13.1. The summed E-state index contributed by atoms with van der Waals surface area (Å²) in [4.78, 5) is 11.0. The van der Waals surface area contributed by atoms with Crippen LogP contribution in [0.3, 0.4) is 0 Å². The minimum Gasteiger partial charge on any atom is -0.480 e. The van der Waals surface area contributed by atoms with Gasteiger partial charge >= 0.3 is 5.97 Å². The van der Waals surface area contributed by atoms with Crippen LogP contribution in [-0.4, -0.2) is 17.1 Å². The van der Waals surface area contributed by atoms with Crippen molar-refractivity contribution in [1.82, 2.24) is 0 Å². The van der Waals surface area contributed by atoms with Gasteiger partial charge in [0, 0.05) is 11.1 Å². The Bertz CT molecular complexity index is 429. The SMILES string of the molecule is CC1(C)c2cc(F)ccc2N[C@@H]1C(=O)O. The van der Waals surface area contributed by atoms with E-state index < -0.39 is 17.4 Å². The van der Waals surface area contributed by atoms with E-state index in [1.807, 2.05) is 0 Å². The van der Waals surface area contributed by atoms with E-state index in [-0.39, 0.29) is 5.82 Å². The number of hydrogen-bond acceptors (Lipinski definition) is 2. The molecular weight excluding hydrogens is 197 g/mol. The van der Waals surface area contributed by atoms with Gasteiger partial charge in [0.15, 0.2) is 0 Å². The molecule has 0 unspecified atom stereocenters. The first-order valence-electron chi connectivity index (χ1n) is 4.72. The summed E-state index contributed by atoms with van der Waals surface area (Å²) in [6.07, 6.45) is 0. The van der Waals surface area contributed by atoms with Gasteiger partial charge in [0.1, 0.15) is 11.9 Å². The van der Waals surface area contributed by atoms with Crippen LogP contribution < -0.4 is 5.32 Å². The lowest BCUT2D eigenvalue weighted by atomic mass is 9.81. The molecule has 0 saturated carbocycles. The molecule has 1 aliphatic heterocycles. The van der Waals surface area contributed by atoms with Crippen molar-refractivity contribution >= 4 is 11.7 Å². The van der Waals surface area contributed by atoms with Gasteiger partial charge in [-0.1, -0.05) is 13.8 Å². The Labute approximate surface area is 86.9 Å². The van der Waals surface area contributed by atoms with Gasteiger partial charge in [0.25, 0.3) is 0 Å². The lowest BCUT2D eigenvalue weighted by Crippen LogP contribution is -2.40. The number of nitrogens with one attached hydrogen (secondary N) is 1. The number of halogens is 1. The second-order valence-electron chi connectivity index (χ2n) is 4.33. The number of benzene rings is 1. The van der Waals surface area contributed by atoms with Crippen LogP contribution in [0.25, 0.3) is 0 Å². The Morgan fingerprint density at radius 3 is 2.80 bits per heavy atom. The molecule has 1 aromatic rings. The van der Waals surface area contributed by atoms with E-state index in [9.17, 15) is 9.18 Å². The first-order chi connectivity index (χ1) is 6.93. The maximum Gasteiger partial charge on any atom is 0.327 e. The molecule has 0 saturated heterocycles. The molecule has 0 aromatic heterocycles. The van der Waals surface area contributed by atoms with E-state index in [4.69, 9.17) is 5.11 Å². The number of carboxylic acid groups (broad SMARTS) is 1. The van der Waals surface area contributed by atoms with Crippen LogP contribution in [0.5, 0.6) is 0 Å². The highest BCUT2D eigenvalue weighted by Crippen LogP contribution is 2.40. The fourth-order valence-corrected chi connectivity index (χ4v) is 2.04. The number of anilines is 1. The smallest absolute Gasteiger partial charge is 0.327 e. The van der Waals surface area contributed by atoms with Gasteiger partial charge in [-0.3, -0.25) is 0 Å². The van der Waals surface area contributed by atoms with Crippen LogP contribution in [0.15, 0.2) is 18.2 Å². The molecule has 0 spiro atoms. The molecule has 1 aliphatic rings. The Morgan fingerprint density at radius 1 is 1.53 bits per heavy atom.